The van der Waals surface area contributed by atoms with E-state index in [1.54, 1.807) is 10.8 Å². The molecule has 0 N–H and O–H groups in total. The highest BCUT2D eigenvalue weighted by Crippen LogP contribution is 2.30. The Labute approximate surface area is 125 Å². The average molecular weight is 299 g/mol. The molecule has 0 aliphatic carbocycles. The van der Waals surface area contributed by atoms with Crippen molar-refractivity contribution in [2.24, 2.45) is 0 Å². The first-order chi connectivity index (χ1) is 10.2. The van der Waals surface area contributed by atoms with Gasteiger partial charge in [0.15, 0.2) is 16.6 Å². The van der Waals surface area contributed by atoms with Crippen LogP contribution in [-0.2, 0) is 0 Å². The Morgan fingerprint density at radius 2 is 1.90 bits per heavy atom. The monoisotopic (exact) mass is 298 g/mol. The summed E-state index contributed by atoms with van der Waals surface area (Å²) in [6.07, 6.45) is 1.67. The average Bonchev–Trinajstić information content (AvgIpc) is 3.08. The lowest BCUT2D eigenvalue weighted by Crippen LogP contribution is -2.00. The molecule has 5 nitrogen and oxygen atoms in total. The van der Waals surface area contributed by atoms with Crippen molar-refractivity contribution in [3.63, 3.8) is 0 Å². The third-order valence-electron chi connectivity index (χ3n) is 3.76. The lowest BCUT2D eigenvalue weighted by Gasteiger charge is -2.04. The molecule has 0 bridgehead atoms. The molecule has 6 heteroatoms. The first-order valence-corrected chi connectivity index (χ1v) is 6.89. The van der Waals surface area contributed by atoms with Gasteiger partial charge in [-0.25, -0.2) is 0 Å². The van der Waals surface area contributed by atoms with Crippen molar-refractivity contribution in [3.8, 4) is 11.4 Å². The number of hydrogen-bond donors (Lipinski definition) is 0. The minimum Gasteiger partial charge on any atom is -0.464 e. The Hall–Kier alpha value is -2.40. The second-order valence-corrected chi connectivity index (χ2v) is 5.30. The van der Waals surface area contributed by atoms with Crippen molar-refractivity contribution in [1.29, 1.82) is 0 Å². The van der Waals surface area contributed by atoms with E-state index in [0.29, 0.717) is 16.6 Å². The van der Waals surface area contributed by atoms with Gasteiger partial charge < -0.3 is 4.42 Å². The van der Waals surface area contributed by atoms with Gasteiger partial charge in [-0.3, -0.25) is 0 Å². The SMILES string of the molecule is Cc1c(Cl)nn2c(-c3coc4ccccc34)nnc2c1C. The van der Waals surface area contributed by atoms with Crippen molar-refractivity contribution in [1.82, 2.24) is 19.8 Å². The highest BCUT2D eigenvalue weighted by molar-refractivity contribution is 6.30. The molecule has 3 heterocycles. The van der Waals surface area contributed by atoms with E-state index >= 15 is 0 Å². The second kappa shape index (κ2) is 4.30. The van der Waals surface area contributed by atoms with Gasteiger partial charge in [-0.1, -0.05) is 29.8 Å². The highest BCUT2D eigenvalue weighted by Gasteiger charge is 2.18. The van der Waals surface area contributed by atoms with Crippen LogP contribution < -0.4 is 0 Å². The number of aromatic nitrogens is 4. The molecule has 0 saturated carbocycles. The number of hydrogen-bond acceptors (Lipinski definition) is 4. The summed E-state index contributed by atoms with van der Waals surface area (Å²) in [5.74, 6) is 0.625. The van der Waals surface area contributed by atoms with Crippen molar-refractivity contribution >= 4 is 28.2 Å². The zero-order valence-electron chi connectivity index (χ0n) is 11.5. The minimum atomic E-state index is 0.453. The third kappa shape index (κ3) is 1.67. The van der Waals surface area contributed by atoms with Crippen LogP contribution in [0.4, 0.5) is 0 Å². The Bertz CT molecular complexity index is 986. The largest absolute Gasteiger partial charge is 0.464 e. The Balaban J connectivity index is 2.08. The van der Waals surface area contributed by atoms with Crippen LogP contribution in [0.15, 0.2) is 34.9 Å². The molecule has 104 valence electrons. The second-order valence-electron chi connectivity index (χ2n) is 4.95. The molecule has 0 saturated heterocycles. The molecule has 0 amide bonds. The van der Waals surface area contributed by atoms with Crippen LogP contribution in [0, 0.1) is 13.8 Å². The van der Waals surface area contributed by atoms with Crippen LogP contribution in [0.5, 0.6) is 0 Å². The van der Waals surface area contributed by atoms with Crippen LogP contribution in [0.1, 0.15) is 11.1 Å². The molecule has 4 aromatic rings. The van der Waals surface area contributed by atoms with Gasteiger partial charge >= 0.3 is 0 Å². The van der Waals surface area contributed by atoms with Gasteiger partial charge in [0.2, 0.25) is 0 Å². The molecule has 1 aromatic carbocycles. The van der Waals surface area contributed by atoms with Gasteiger partial charge in [-0.05, 0) is 25.5 Å². The number of fused-ring (bicyclic) bond motifs is 2. The topological polar surface area (TPSA) is 56.2 Å². The number of halogens is 1. The predicted molar refractivity (Wildman–Crippen MR) is 80.5 cm³/mol. The summed E-state index contributed by atoms with van der Waals surface area (Å²) in [6.45, 7) is 3.89. The first kappa shape index (κ1) is 12.3. The molecule has 0 spiro atoms. The minimum absolute atomic E-state index is 0.453. The number of aryl methyl sites for hydroxylation is 1. The number of benzene rings is 1. The van der Waals surface area contributed by atoms with E-state index in [-0.39, 0.29) is 0 Å². The van der Waals surface area contributed by atoms with Crippen LogP contribution in [0.2, 0.25) is 5.15 Å². The smallest absolute Gasteiger partial charge is 0.189 e. The maximum absolute atomic E-state index is 6.19. The van der Waals surface area contributed by atoms with Crippen LogP contribution >= 0.6 is 11.6 Å². The van der Waals surface area contributed by atoms with Gasteiger partial charge in [-0.2, -0.15) is 9.61 Å². The number of furan rings is 1. The van der Waals surface area contributed by atoms with Gasteiger partial charge in [0.1, 0.15) is 11.8 Å². The third-order valence-corrected chi connectivity index (χ3v) is 4.12. The van der Waals surface area contributed by atoms with Crippen molar-refractivity contribution in [3.05, 3.63) is 46.8 Å². The zero-order valence-corrected chi connectivity index (χ0v) is 12.2. The molecule has 4 rings (SSSR count). The lowest BCUT2D eigenvalue weighted by molar-refractivity contribution is 0.616. The maximum atomic E-state index is 6.19. The van der Waals surface area contributed by atoms with Crippen LogP contribution in [-0.4, -0.2) is 19.8 Å². The molecule has 0 atom stereocenters. The summed E-state index contributed by atoms with van der Waals surface area (Å²) in [6, 6.07) is 7.79. The summed E-state index contributed by atoms with van der Waals surface area (Å²) in [7, 11) is 0. The Kier molecular flexibility index (Phi) is 2.53. The van der Waals surface area contributed by atoms with E-state index in [1.165, 1.54) is 0 Å². The normalized spacial score (nSPS) is 11.6. The van der Waals surface area contributed by atoms with Gasteiger partial charge in [-0.15, -0.1) is 10.2 Å². The summed E-state index contributed by atoms with van der Waals surface area (Å²) >= 11 is 6.19. The van der Waals surface area contributed by atoms with Crippen molar-refractivity contribution in [2.75, 3.05) is 0 Å². The summed E-state index contributed by atoms with van der Waals surface area (Å²) < 4.78 is 7.23. The quantitative estimate of drug-likeness (QED) is 0.536. The number of rotatable bonds is 1. The number of nitrogens with zero attached hydrogens (tertiary/aromatic N) is 4. The van der Waals surface area contributed by atoms with E-state index < -0.39 is 0 Å². The fraction of sp³-hybridized carbons (Fsp3) is 0.133. The van der Waals surface area contributed by atoms with Gasteiger partial charge in [0, 0.05) is 10.9 Å². The highest BCUT2D eigenvalue weighted by atomic mass is 35.5. The van der Waals surface area contributed by atoms with E-state index in [1.807, 2.05) is 38.1 Å². The standard InChI is InChI=1S/C15H11ClN4O/c1-8-9(2)14-17-18-15(20(14)19-13(8)16)11-7-21-12-6-4-3-5-10(11)12/h3-7H,1-2H3. The van der Waals surface area contributed by atoms with E-state index in [0.717, 1.165) is 27.7 Å². The molecule has 0 fully saturated rings. The van der Waals surface area contributed by atoms with Crippen molar-refractivity contribution < 1.29 is 4.42 Å². The Morgan fingerprint density at radius 1 is 1.10 bits per heavy atom. The lowest BCUT2D eigenvalue weighted by atomic mass is 10.1. The molecule has 0 unspecified atom stereocenters. The molecule has 0 aliphatic heterocycles. The molecular weight excluding hydrogens is 288 g/mol. The molecule has 3 aromatic heterocycles. The molecule has 0 aliphatic rings. The van der Waals surface area contributed by atoms with Crippen LogP contribution in [0.25, 0.3) is 28.0 Å². The van der Waals surface area contributed by atoms with E-state index in [2.05, 4.69) is 15.3 Å². The van der Waals surface area contributed by atoms with Crippen molar-refractivity contribution in [2.45, 2.75) is 13.8 Å². The van der Waals surface area contributed by atoms with Gasteiger partial charge in [0.05, 0.1) is 5.56 Å². The zero-order chi connectivity index (χ0) is 14.6. The molecule has 21 heavy (non-hydrogen) atoms. The van der Waals surface area contributed by atoms with E-state index in [4.69, 9.17) is 16.0 Å². The fourth-order valence-electron chi connectivity index (χ4n) is 2.41. The maximum Gasteiger partial charge on any atom is 0.189 e. The number of para-hydroxylation sites is 1. The molecular formula is C15H11ClN4O. The fourth-order valence-corrected chi connectivity index (χ4v) is 2.63. The first-order valence-electron chi connectivity index (χ1n) is 6.51. The predicted octanol–water partition coefficient (Wildman–Crippen LogP) is 3.81. The Morgan fingerprint density at radius 3 is 2.76 bits per heavy atom. The molecule has 0 radical (unpaired) electrons. The summed E-state index contributed by atoms with van der Waals surface area (Å²) in [5, 5.41) is 14.3. The summed E-state index contributed by atoms with van der Waals surface area (Å²) in [4.78, 5) is 0. The van der Waals surface area contributed by atoms with Gasteiger partial charge in [0.25, 0.3) is 0 Å². The summed E-state index contributed by atoms with van der Waals surface area (Å²) in [5.41, 5.74) is 4.25. The van der Waals surface area contributed by atoms with E-state index in [9.17, 15) is 0 Å². The van der Waals surface area contributed by atoms with Crippen LogP contribution in [0.3, 0.4) is 0 Å².